The van der Waals surface area contributed by atoms with Crippen molar-refractivity contribution in [2.24, 2.45) is 5.73 Å². The number of rotatable bonds is 6. The van der Waals surface area contributed by atoms with Crippen LogP contribution in [0.1, 0.15) is 25.3 Å². The van der Waals surface area contributed by atoms with Crippen molar-refractivity contribution in [3.63, 3.8) is 0 Å². The Morgan fingerprint density at radius 1 is 1.12 bits per heavy atom. The van der Waals surface area contributed by atoms with E-state index in [0.29, 0.717) is 5.92 Å². The first-order valence-corrected chi connectivity index (χ1v) is 9.19. The highest BCUT2D eigenvalue weighted by atomic mass is 32.2. The van der Waals surface area contributed by atoms with Gasteiger partial charge in [0, 0.05) is 11.3 Å². The third-order valence-corrected chi connectivity index (χ3v) is 4.94. The number of imidazole rings is 1. The van der Waals surface area contributed by atoms with Gasteiger partial charge in [0.1, 0.15) is 0 Å². The summed E-state index contributed by atoms with van der Waals surface area (Å²) in [5, 5.41) is 0.759. The summed E-state index contributed by atoms with van der Waals surface area (Å²) in [6, 6.07) is 18.6. The Balaban J connectivity index is 2.07. The van der Waals surface area contributed by atoms with Gasteiger partial charge in [-0.05, 0) is 23.6 Å². The smallest absolute Gasteiger partial charge is 0.227 e. The molecule has 0 bridgehead atoms. The van der Waals surface area contributed by atoms with Crippen molar-refractivity contribution in [1.82, 2.24) is 9.55 Å². The number of aromatic nitrogens is 2. The number of primary amides is 1. The average molecular weight is 351 g/mol. The van der Waals surface area contributed by atoms with Crippen molar-refractivity contribution < 1.29 is 4.79 Å². The second kappa shape index (κ2) is 7.57. The molecule has 1 aromatic heterocycles. The molecular formula is C20H21N3OS. The fourth-order valence-electron chi connectivity index (χ4n) is 2.64. The highest BCUT2D eigenvalue weighted by molar-refractivity contribution is 7.99. The summed E-state index contributed by atoms with van der Waals surface area (Å²) in [6.07, 6.45) is 1.84. The molecule has 0 fully saturated rings. The van der Waals surface area contributed by atoms with Crippen LogP contribution in [0.5, 0.6) is 0 Å². The molecule has 0 aliphatic carbocycles. The predicted octanol–water partition coefficient (Wildman–Crippen LogP) is 4.24. The molecule has 128 valence electrons. The van der Waals surface area contributed by atoms with Crippen molar-refractivity contribution in [3.05, 3.63) is 66.4 Å². The van der Waals surface area contributed by atoms with Gasteiger partial charge in [-0.3, -0.25) is 9.36 Å². The third kappa shape index (κ3) is 3.94. The lowest BCUT2D eigenvalue weighted by atomic mass is 10.0. The molecule has 25 heavy (non-hydrogen) atoms. The van der Waals surface area contributed by atoms with Crippen LogP contribution in [-0.2, 0) is 4.79 Å². The molecule has 0 unspecified atom stereocenters. The number of hydrogen-bond acceptors (Lipinski definition) is 3. The maximum Gasteiger partial charge on any atom is 0.227 e. The summed E-state index contributed by atoms with van der Waals surface area (Å²) in [4.78, 5) is 15.7. The topological polar surface area (TPSA) is 60.9 Å². The van der Waals surface area contributed by atoms with Crippen molar-refractivity contribution >= 4 is 17.7 Å². The number of thioether (sulfide) groups is 1. The fourth-order valence-corrected chi connectivity index (χ4v) is 3.37. The second-order valence-corrected chi connectivity index (χ2v) is 7.07. The molecule has 1 amide bonds. The summed E-state index contributed by atoms with van der Waals surface area (Å²) in [5.41, 5.74) is 9.68. The minimum Gasteiger partial charge on any atom is -0.369 e. The van der Waals surface area contributed by atoms with Gasteiger partial charge >= 0.3 is 0 Å². The Bertz CT molecular complexity index is 854. The van der Waals surface area contributed by atoms with Crippen LogP contribution in [0, 0.1) is 0 Å². The average Bonchev–Trinajstić information content (AvgIpc) is 3.04. The molecule has 0 saturated heterocycles. The first kappa shape index (κ1) is 17.3. The Hall–Kier alpha value is -2.53. The fraction of sp³-hybridized carbons (Fsp3) is 0.200. The van der Waals surface area contributed by atoms with Crippen LogP contribution in [0.2, 0.25) is 0 Å². The molecule has 1 heterocycles. The zero-order valence-electron chi connectivity index (χ0n) is 14.3. The van der Waals surface area contributed by atoms with Crippen LogP contribution in [0.4, 0.5) is 0 Å². The molecule has 4 nitrogen and oxygen atoms in total. The predicted molar refractivity (Wildman–Crippen MR) is 103 cm³/mol. The van der Waals surface area contributed by atoms with Gasteiger partial charge in [-0.25, -0.2) is 4.98 Å². The van der Waals surface area contributed by atoms with Gasteiger partial charge in [0.25, 0.3) is 0 Å². The first-order valence-electron chi connectivity index (χ1n) is 8.21. The van der Waals surface area contributed by atoms with E-state index in [1.165, 1.54) is 17.3 Å². The van der Waals surface area contributed by atoms with Crippen molar-refractivity contribution in [3.8, 4) is 16.9 Å². The summed E-state index contributed by atoms with van der Waals surface area (Å²) in [6.45, 7) is 4.35. The van der Waals surface area contributed by atoms with Crippen LogP contribution in [0.25, 0.3) is 16.9 Å². The van der Waals surface area contributed by atoms with Crippen LogP contribution in [-0.4, -0.2) is 21.2 Å². The molecule has 0 aliphatic rings. The molecule has 0 spiro atoms. The number of nitrogens with two attached hydrogens (primary N) is 1. The molecule has 3 rings (SSSR count). The van der Waals surface area contributed by atoms with Gasteiger partial charge in [0.05, 0.1) is 17.6 Å². The van der Waals surface area contributed by atoms with Crippen LogP contribution < -0.4 is 5.73 Å². The number of hydrogen-bond donors (Lipinski definition) is 1. The molecule has 5 heteroatoms. The minimum absolute atomic E-state index is 0.204. The van der Waals surface area contributed by atoms with E-state index in [0.717, 1.165) is 22.1 Å². The van der Waals surface area contributed by atoms with Gasteiger partial charge in [-0.2, -0.15) is 0 Å². The molecule has 0 atom stereocenters. The van der Waals surface area contributed by atoms with Crippen LogP contribution in [0.15, 0.2) is 66.0 Å². The summed E-state index contributed by atoms with van der Waals surface area (Å²) in [5.74, 6) is 0.333. The number of nitrogens with zero attached hydrogens (tertiary/aromatic N) is 2. The monoisotopic (exact) mass is 351 g/mol. The van der Waals surface area contributed by atoms with Gasteiger partial charge < -0.3 is 5.73 Å². The Kier molecular flexibility index (Phi) is 5.24. The lowest BCUT2D eigenvalue weighted by Crippen LogP contribution is -2.13. The molecule has 2 N–H and O–H groups in total. The number of carbonyl (C=O) groups is 1. The van der Waals surface area contributed by atoms with Crippen molar-refractivity contribution in [1.29, 1.82) is 0 Å². The molecule has 0 radical (unpaired) electrons. The lowest BCUT2D eigenvalue weighted by Gasteiger charge is -2.13. The van der Waals surface area contributed by atoms with Crippen LogP contribution >= 0.6 is 11.8 Å². The number of amides is 1. The SMILES string of the molecule is CC(C)c1ccc(-n2c(-c3ccccc3)cnc2SCC(N)=O)cc1. The largest absolute Gasteiger partial charge is 0.369 e. The molecule has 0 aliphatic heterocycles. The van der Waals surface area contributed by atoms with Gasteiger partial charge in [-0.15, -0.1) is 0 Å². The Labute approximate surface area is 152 Å². The summed E-state index contributed by atoms with van der Waals surface area (Å²) < 4.78 is 2.08. The molecule has 2 aromatic carbocycles. The van der Waals surface area contributed by atoms with E-state index in [4.69, 9.17) is 5.73 Å². The quantitative estimate of drug-likeness (QED) is 0.676. The molecule has 0 saturated carbocycles. The van der Waals surface area contributed by atoms with Crippen molar-refractivity contribution in [2.75, 3.05) is 5.75 Å². The standard InChI is InChI=1S/C20H21N3OS/c1-14(2)15-8-10-17(11-9-15)23-18(16-6-4-3-5-7-16)12-22-20(23)25-13-19(21)24/h3-12,14H,13H2,1-2H3,(H2,21,24). The van der Waals surface area contributed by atoms with Crippen molar-refractivity contribution in [2.45, 2.75) is 24.9 Å². The van der Waals surface area contributed by atoms with E-state index in [2.05, 4.69) is 59.8 Å². The van der Waals surface area contributed by atoms with E-state index in [1.54, 1.807) is 0 Å². The van der Waals surface area contributed by atoms with E-state index in [-0.39, 0.29) is 11.7 Å². The minimum atomic E-state index is -0.351. The van der Waals surface area contributed by atoms with Crippen LogP contribution in [0.3, 0.4) is 0 Å². The van der Waals surface area contributed by atoms with Gasteiger partial charge in [-0.1, -0.05) is 68.1 Å². The van der Waals surface area contributed by atoms with E-state index in [1.807, 2.05) is 24.4 Å². The first-order chi connectivity index (χ1) is 12.1. The Morgan fingerprint density at radius 3 is 2.40 bits per heavy atom. The maximum absolute atomic E-state index is 11.2. The van der Waals surface area contributed by atoms with E-state index in [9.17, 15) is 4.79 Å². The zero-order valence-corrected chi connectivity index (χ0v) is 15.2. The highest BCUT2D eigenvalue weighted by Crippen LogP contribution is 2.30. The summed E-state index contributed by atoms with van der Waals surface area (Å²) in [7, 11) is 0. The van der Waals surface area contributed by atoms with E-state index >= 15 is 0 Å². The number of carbonyl (C=O) groups excluding carboxylic acids is 1. The Morgan fingerprint density at radius 2 is 1.80 bits per heavy atom. The molecule has 3 aromatic rings. The highest BCUT2D eigenvalue weighted by Gasteiger charge is 2.15. The second-order valence-electron chi connectivity index (χ2n) is 6.13. The van der Waals surface area contributed by atoms with Gasteiger partial charge in [0.2, 0.25) is 5.91 Å². The molecular weight excluding hydrogens is 330 g/mol. The van der Waals surface area contributed by atoms with E-state index < -0.39 is 0 Å². The normalized spacial score (nSPS) is 11.0. The maximum atomic E-state index is 11.2. The number of benzene rings is 2. The third-order valence-electron chi connectivity index (χ3n) is 3.96. The van der Waals surface area contributed by atoms with Gasteiger partial charge in [0.15, 0.2) is 5.16 Å². The summed E-state index contributed by atoms with van der Waals surface area (Å²) >= 11 is 1.35. The zero-order chi connectivity index (χ0) is 17.8. The lowest BCUT2D eigenvalue weighted by molar-refractivity contribution is -0.115.